The quantitative estimate of drug-likeness (QED) is 0.624. The van der Waals surface area contributed by atoms with Gasteiger partial charge in [-0.3, -0.25) is 0 Å². The van der Waals surface area contributed by atoms with Crippen molar-refractivity contribution < 1.29 is 9.90 Å². The second-order valence-electron chi connectivity index (χ2n) is 3.11. The Kier molecular flexibility index (Phi) is 4.15. The van der Waals surface area contributed by atoms with Crippen molar-refractivity contribution in [1.82, 2.24) is 4.98 Å². The number of pyridine rings is 1. The molecule has 16 heavy (non-hydrogen) atoms. The average molecular weight is 239 g/mol. The molecule has 0 bridgehead atoms. The molecule has 5 heteroatoms. The van der Waals surface area contributed by atoms with Crippen molar-refractivity contribution in [3.63, 3.8) is 0 Å². The third-order valence-corrected chi connectivity index (χ3v) is 2.22. The number of hydrogen-bond acceptors (Lipinski definition) is 3. The predicted molar refractivity (Wildman–Crippen MR) is 62.7 cm³/mol. The fourth-order valence-corrected chi connectivity index (χ4v) is 1.29. The van der Waals surface area contributed by atoms with Crippen LogP contribution in [0.1, 0.15) is 23.7 Å². The minimum absolute atomic E-state index is 0.0538. The van der Waals surface area contributed by atoms with E-state index in [1.54, 1.807) is 0 Å². The van der Waals surface area contributed by atoms with Crippen LogP contribution in [0.2, 0.25) is 5.15 Å². The second kappa shape index (κ2) is 5.38. The van der Waals surface area contributed by atoms with Crippen LogP contribution in [0.15, 0.2) is 12.1 Å². The second-order valence-corrected chi connectivity index (χ2v) is 3.49. The fraction of sp³-hybridized carbons (Fsp3) is 0.273. The van der Waals surface area contributed by atoms with E-state index >= 15 is 0 Å². The van der Waals surface area contributed by atoms with Crippen molar-refractivity contribution in [2.24, 2.45) is 0 Å². The Hall–Kier alpha value is -1.73. The molecule has 0 radical (unpaired) electrons. The summed E-state index contributed by atoms with van der Waals surface area (Å²) < 4.78 is 0. The summed E-state index contributed by atoms with van der Waals surface area (Å²) in [7, 11) is 0. The van der Waals surface area contributed by atoms with Gasteiger partial charge in [0.15, 0.2) is 0 Å². The van der Waals surface area contributed by atoms with Gasteiger partial charge >= 0.3 is 5.97 Å². The first-order valence-electron chi connectivity index (χ1n) is 4.71. The van der Waals surface area contributed by atoms with E-state index in [-0.39, 0.29) is 22.6 Å². The van der Waals surface area contributed by atoms with Crippen molar-refractivity contribution in [2.45, 2.75) is 19.4 Å². The minimum Gasteiger partial charge on any atom is -0.478 e. The summed E-state index contributed by atoms with van der Waals surface area (Å²) in [6, 6.07) is 2.56. The van der Waals surface area contributed by atoms with Crippen LogP contribution in [0.4, 0.5) is 5.82 Å². The zero-order chi connectivity index (χ0) is 12.1. The number of nitrogens with one attached hydrogen (secondary N) is 1. The van der Waals surface area contributed by atoms with Crippen LogP contribution < -0.4 is 5.32 Å². The summed E-state index contributed by atoms with van der Waals surface area (Å²) in [5, 5.41) is 12.0. The summed E-state index contributed by atoms with van der Waals surface area (Å²) >= 11 is 5.70. The normalized spacial score (nSPS) is 11.6. The molecule has 0 amide bonds. The predicted octanol–water partition coefficient (Wildman–Crippen LogP) is 2.26. The Labute approximate surface area is 98.6 Å². The smallest absolute Gasteiger partial charge is 0.339 e. The van der Waals surface area contributed by atoms with Crippen molar-refractivity contribution in [1.29, 1.82) is 0 Å². The standard InChI is InChI=1S/C11H11ClN2O2/c1-3-7(4-2)13-10-8(11(15)16)5-6-9(12)14-10/h1,5-7H,4H2,2H3,(H,13,14)(H,15,16). The van der Waals surface area contributed by atoms with Crippen LogP contribution in [0, 0.1) is 12.3 Å². The number of carbonyl (C=O) groups is 1. The van der Waals surface area contributed by atoms with Crippen molar-refractivity contribution in [3.8, 4) is 12.3 Å². The van der Waals surface area contributed by atoms with Gasteiger partial charge in [0.25, 0.3) is 0 Å². The number of hydrogen-bond donors (Lipinski definition) is 2. The van der Waals surface area contributed by atoms with Gasteiger partial charge in [0.05, 0.1) is 6.04 Å². The van der Waals surface area contributed by atoms with E-state index in [9.17, 15) is 4.79 Å². The summed E-state index contributed by atoms with van der Waals surface area (Å²) in [6.45, 7) is 1.89. The maximum absolute atomic E-state index is 10.9. The lowest BCUT2D eigenvalue weighted by Crippen LogP contribution is -2.19. The number of carboxylic acid groups (broad SMARTS) is 1. The van der Waals surface area contributed by atoms with Crippen LogP contribution in [0.5, 0.6) is 0 Å². The molecule has 1 atom stereocenters. The fourth-order valence-electron chi connectivity index (χ4n) is 1.14. The van der Waals surface area contributed by atoms with E-state index < -0.39 is 5.97 Å². The summed E-state index contributed by atoms with van der Waals surface area (Å²) in [5.74, 6) is 1.63. The minimum atomic E-state index is -1.07. The van der Waals surface area contributed by atoms with Gasteiger partial charge in [-0.25, -0.2) is 9.78 Å². The molecule has 0 fully saturated rings. The molecule has 1 heterocycles. The molecular formula is C11H11ClN2O2. The number of anilines is 1. The maximum atomic E-state index is 10.9. The van der Waals surface area contributed by atoms with Gasteiger partial charge in [0.2, 0.25) is 0 Å². The number of rotatable bonds is 4. The molecule has 0 aliphatic heterocycles. The van der Waals surface area contributed by atoms with E-state index in [2.05, 4.69) is 16.2 Å². The highest BCUT2D eigenvalue weighted by Crippen LogP contribution is 2.17. The Bertz CT molecular complexity index is 440. The molecule has 0 aliphatic rings. The number of aromatic carboxylic acids is 1. The number of terminal acetylenes is 1. The van der Waals surface area contributed by atoms with E-state index in [0.717, 1.165) is 0 Å². The maximum Gasteiger partial charge on any atom is 0.339 e. The molecule has 4 nitrogen and oxygen atoms in total. The molecule has 0 aliphatic carbocycles. The van der Waals surface area contributed by atoms with E-state index in [1.807, 2.05) is 6.92 Å². The van der Waals surface area contributed by atoms with Crippen molar-refractivity contribution in [3.05, 3.63) is 22.8 Å². The first kappa shape index (κ1) is 12.3. The SMILES string of the molecule is C#CC(CC)Nc1nc(Cl)ccc1C(=O)O. The molecule has 84 valence electrons. The van der Waals surface area contributed by atoms with E-state index in [0.29, 0.717) is 6.42 Å². The van der Waals surface area contributed by atoms with Gasteiger partial charge in [-0.15, -0.1) is 6.42 Å². The first-order valence-corrected chi connectivity index (χ1v) is 5.08. The molecule has 2 N–H and O–H groups in total. The third kappa shape index (κ3) is 2.88. The molecule has 0 spiro atoms. The van der Waals surface area contributed by atoms with Gasteiger partial charge in [0.1, 0.15) is 16.5 Å². The van der Waals surface area contributed by atoms with Crippen LogP contribution in [0.25, 0.3) is 0 Å². The highest BCUT2D eigenvalue weighted by molar-refractivity contribution is 6.29. The van der Waals surface area contributed by atoms with Crippen LogP contribution >= 0.6 is 11.6 Å². The highest BCUT2D eigenvalue weighted by atomic mass is 35.5. The largest absolute Gasteiger partial charge is 0.478 e. The van der Waals surface area contributed by atoms with E-state index in [1.165, 1.54) is 12.1 Å². The monoisotopic (exact) mass is 238 g/mol. The number of carboxylic acids is 1. The summed E-state index contributed by atoms with van der Waals surface area (Å²) in [6.07, 6.45) is 5.95. The molecule has 1 unspecified atom stereocenters. The van der Waals surface area contributed by atoms with Gasteiger partial charge in [-0.2, -0.15) is 0 Å². The van der Waals surface area contributed by atoms with Crippen molar-refractivity contribution >= 4 is 23.4 Å². The molecule has 1 aromatic heterocycles. The summed E-state index contributed by atoms with van der Waals surface area (Å²) in [5.41, 5.74) is 0.0538. The molecule has 0 saturated carbocycles. The Balaban J connectivity index is 3.06. The number of nitrogens with zero attached hydrogens (tertiary/aromatic N) is 1. The first-order chi connectivity index (χ1) is 7.58. The number of halogens is 1. The lowest BCUT2D eigenvalue weighted by Gasteiger charge is -2.13. The summed E-state index contributed by atoms with van der Waals surface area (Å²) in [4.78, 5) is 14.8. The molecule has 0 saturated heterocycles. The molecular weight excluding hydrogens is 228 g/mol. The van der Waals surface area contributed by atoms with Crippen molar-refractivity contribution in [2.75, 3.05) is 5.32 Å². The Morgan fingerprint density at radius 3 is 2.94 bits per heavy atom. The molecule has 0 aromatic carbocycles. The van der Waals surface area contributed by atoms with Gasteiger partial charge in [0, 0.05) is 0 Å². The van der Waals surface area contributed by atoms with Crippen LogP contribution in [-0.2, 0) is 0 Å². The van der Waals surface area contributed by atoms with Gasteiger partial charge in [-0.1, -0.05) is 24.4 Å². The molecule has 1 aromatic rings. The van der Waals surface area contributed by atoms with Crippen LogP contribution in [-0.4, -0.2) is 22.1 Å². The third-order valence-electron chi connectivity index (χ3n) is 2.01. The van der Waals surface area contributed by atoms with Crippen LogP contribution in [0.3, 0.4) is 0 Å². The zero-order valence-corrected chi connectivity index (χ0v) is 9.45. The average Bonchev–Trinajstić information content (AvgIpc) is 2.25. The van der Waals surface area contributed by atoms with E-state index in [4.69, 9.17) is 23.1 Å². The Morgan fingerprint density at radius 2 is 2.44 bits per heavy atom. The molecule has 1 rings (SSSR count). The highest BCUT2D eigenvalue weighted by Gasteiger charge is 2.14. The number of aromatic nitrogens is 1. The Morgan fingerprint density at radius 1 is 1.75 bits per heavy atom. The van der Waals surface area contributed by atoms with Gasteiger partial charge < -0.3 is 10.4 Å². The topological polar surface area (TPSA) is 62.2 Å². The van der Waals surface area contributed by atoms with Gasteiger partial charge in [-0.05, 0) is 18.6 Å². The lowest BCUT2D eigenvalue weighted by atomic mass is 10.2. The lowest BCUT2D eigenvalue weighted by molar-refractivity contribution is 0.0697. The zero-order valence-electron chi connectivity index (χ0n) is 8.70.